The van der Waals surface area contributed by atoms with Gasteiger partial charge in [0.05, 0.1) is 0 Å². The van der Waals surface area contributed by atoms with E-state index in [0.717, 1.165) is 23.1 Å². The second kappa shape index (κ2) is 9.90. The maximum Gasteiger partial charge on any atom is 0.248 e. The number of rotatable bonds is 9. The van der Waals surface area contributed by atoms with Crippen LogP contribution in [0.4, 0.5) is 0 Å². The molecule has 0 saturated carbocycles. The summed E-state index contributed by atoms with van der Waals surface area (Å²) in [4.78, 5) is 26.3. The molecule has 2 rings (SSSR count). The van der Waals surface area contributed by atoms with Gasteiger partial charge >= 0.3 is 0 Å². The number of primary amides is 1. The number of carbonyl (C=O) groups is 2. The molecule has 0 heterocycles. The quantitative estimate of drug-likeness (QED) is 0.667. The minimum atomic E-state index is -0.412. The maximum atomic E-state index is 12.7. The molecule has 0 unspecified atom stereocenters. The van der Waals surface area contributed by atoms with Crippen molar-refractivity contribution in [1.29, 1.82) is 0 Å². The van der Waals surface area contributed by atoms with Crippen LogP contribution in [-0.2, 0) is 16.6 Å². The van der Waals surface area contributed by atoms with E-state index in [1.165, 1.54) is 5.56 Å². The van der Waals surface area contributed by atoms with Crippen molar-refractivity contribution in [1.82, 2.24) is 10.2 Å². The predicted octanol–water partition coefficient (Wildman–Crippen LogP) is 3.36. The number of carbonyl (C=O) groups excluding carboxylic acids is 2. The normalized spacial score (nSPS) is 12.6. The van der Waals surface area contributed by atoms with Crippen LogP contribution < -0.4 is 11.1 Å². The van der Waals surface area contributed by atoms with Gasteiger partial charge in [0.15, 0.2) is 0 Å². The molecular weight excluding hydrogens is 374 g/mol. The van der Waals surface area contributed by atoms with E-state index in [1.54, 1.807) is 0 Å². The number of benzene rings is 2. The lowest BCUT2D eigenvalue weighted by Gasteiger charge is -2.28. The second-order valence-electron chi connectivity index (χ2n) is 9.01. The summed E-state index contributed by atoms with van der Waals surface area (Å²) in [5.74, 6) is -0.363. The molecular formula is C25H35N3O2. The van der Waals surface area contributed by atoms with Gasteiger partial charge in [-0.3, -0.25) is 9.59 Å². The molecule has 2 aromatic carbocycles. The van der Waals surface area contributed by atoms with E-state index in [1.807, 2.05) is 58.3 Å². The number of aryl methyl sites for hydroxylation is 2. The minimum Gasteiger partial charge on any atom is -0.366 e. The topological polar surface area (TPSA) is 75.4 Å². The summed E-state index contributed by atoms with van der Waals surface area (Å²) in [7, 11) is 4.04. The molecule has 5 heteroatoms. The van der Waals surface area contributed by atoms with Crippen molar-refractivity contribution < 1.29 is 9.59 Å². The van der Waals surface area contributed by atoms with Crippen LogP contribution in [0.5, 0.6) is 0 Å². The first-order chi connectivity index (χ1) is 14.0. The smallest absolute Gasteiger partial charge is 0.248 e. The van der Waals surface area contributed by atoms with E-state index < -0.39 is 5.91 Å². The van der Waals surface area contributed by atoms with E-state index in [9.17, 15) is 9.59 Å². The molecule has 2 aromatic rings. The van der Waals surface area contributed by atoms with Gasteiger partial charge < -0.3 is 16.0 Å². The highest BCUT2D eigenvalue weighted by Gasteiger charge is 2.25. The number of likely N-dealkylation sites (N-methyl/N-ethyl adjacent to an activating group) is 1. The molecule has 0 radical (unpaired) electrons. The number of nitrogens with two attached hydrogens (primary N) is 1. The molecule has 0 aliphatic rings. The van der Waals surface area contributed by atoms with Gasteiger partial charge in [-0.25, -0.2) is 0 Å². The zero-order valence-corrected chi connectivity index (χ0v) is 19.1. The lowest BCUT2D eigenvalue weighted by Crippen LogP contribution is -2.43. The molecule has 0 spiro atoms. The third kappa shape index (κ3) is 6.17. The van der Waals surface area contributed by atoms with Crippen LogP contribution in [0.1, 0.15) is 52.9 Å². The van der Waals surface area contributed by atoms with Crippen molar-refractivity contribution in [2.75, 3.05) is 20.6 Å². The van der Waals surface area contributed by atoms with Crippen LogP contribution in [0.2, 0.25) is 0 Å². The Kier molecular flexibility index (Phi) is 7.79. The van der Waals surface area contributed by atoms with E-state index in [2.05, 4.69) is 36.2 Å². The first kappa shape index (κ1) is 23.6. The van der Waals surface area contributed by atoms with E-state index in [4.69, 9.17) is 5.73 Å². The van der Waals surface area contributed by atoms with Crippen LogP contribution in [0.3, 0.4) is 0 Å². The fraction of sp³-hybridized carbons (Fsp3) is 0.440. The summed E-state index contributed by atoms with van der Waals surface area (Å²) in [6.07, 6.45) is 1.22. The highest BCUT2D eigenvalue weighted by Crippen LogP contribution is 2.26. The number of hydrogen-bond donors (Lipinski definition) is 2. The summed E-state index contributed by atoms with van der Waals surface area (Å²) in [6, 6.07) is 14.0. The lowest BCUT2D eigenvalue weighted by molar-refractivity contribution is -0.122. The van der Waals surface area contributed by atoms with Gasteiger partial charge in [0.2, 0.25) is 11.8 Å². The van der Waals surface area contributed by atoms with Crippen molar-refractivity contribution in [3.8, 4) is 0 Å². The Bertz CT molecular complexity index is 866. The highest BCUT2D eigenvalue weighted by molar-refractivity contribution is 5.93. The van der Waals surface area contributed by atoms with E-state index in [-0.39, 0.29) is 17.4 Å². The molecule has 5 nitrogen and oxygen atoms in total. The van der Waals surface area contributed by atoms with E-state index in [0.29, 0.717) is 18.5 Å². The van der Waals surface area contributed by atoms with Gasteiger partial charge in [0, 0.05) is 24.6 Å². The maximum absolute atomic E-state index is 12.7. The molecule has 0 aliphatic carbocycles. The van der Waals surface area contributed by atoms with Crippen molar-refractivity contribution in [2.24, 2.45) is 5.73 Å². The summed E-state index contributed by atoms with van der Waals surface area (Å²) >= 11 is 0. The van der Waals surface area contributed by atoms with Gasteiger partial charge in [-0.05, 0) is 74.2 Å². The number of amides is 2. The molecule has 3 N–H and O–H groups in total. The van der Waals surface area contributed by atoms with Gasteiger partial charge in [-0.15, -0.1) is 0 Å². The standard InChI is InChI=1S/C25H35N3O2/c1-17-12-19(24(26)30)13-18(2)22(17)14-21(28(5)6)16-27-23(29)15-25(3,4)20-10-8-7-9-11-20/h7-13,21H,14-16H2,1-6H3,(H2,26,30)(H,27,29)/t21-/m0/s1. The third-order valence-corrected chi connectivity index (χ3v) is 5.84. The molecule has 0 aromatic heterocycles. The SMILES string of the molecule is Cc1cc(C(N)=O)cc(C)c1C[C@@H](CNC(=O)CC(C)(C)c1ccccc1)N(C)C. The highest BCUT2D eigenvalue weighted by atomic mass is 16.2. The Morgan fingerprint density at radius 2 is 1.63 bits per heavy atom. The Morgan fingerprint density at radius 3 is 2.13 bits per heavy atom. The Hall–Kier alpha value is -2.66. The van der Waals surface area contributed by atoms with Crippen molar-refractivity contribution in [3.05, 3.63) is 70.3 Å². The number of nitrogens with one attached hydrogen (secondary N) is 1. The first-order valence-corrected chi connectivity index (χ1v) is 10.4. The average Bonchev–Trinajstić information content (AvgIpc) is 2.66. The fourth-order valence-corrected chi connectivity index (χ4v) is 3.82. The van der Waals surface area contributed by atoms with Crippen molar-refractivity contribution in [3.63, 3.8) is 0 Å². The fourth-order valence-electron chi connectivity index (χ4n) is 3.82. The molecule has 0 bridgehead atoms. The number of nitrogens with zero attached hydrogens (tertiary/aromatic N) is 1. The third-order valence-electron chi connectivity index (χ3n) is 5.84. The van der Waals surface area contributed by atoms with Crippen LogP contribution in [-0.4, -0.2) is 43.4 Å². The largest absolute Gasteiger partial charge is 0.366 e. The molecule has 30 heavy (non-hydrogen) atoms. The summed E-state index contributed by atoms with van der Waals surface area (Å²) in [6.45, 7) is 8.76. The second-order valence-corrected chi connectivity index (χ2v) is 9.01. The molecule has 162 valence electrons. The number of hydrogen-bond acceptors (Lipinski definition) is 3. The lowest BCUT2D eigenvalue weighted by atomic mass is 9.81. The summed E-state index contributed by atoms with van der Waals surface area (Å²) in [5, 5.41) is 3.12. The first-order valence-electron chi connectivity index (χ1n) is 10.4. The van der Waals surface area contributed by atoms with Crippen molar-refractivity contribution >= 4 is 11.8 Å². The summed E-state index contributed by atoms with van der Waals surface area (Å²) < 4.78 is 0. The monoisotopic (exact) mass is 409 g/mol. The summed E-state index contributed by atoms with van der Waals surface area (Å²) in [5.41, 5.74) is 10.2. The van der Waals surface area contributed by atoms with Crippen LogP contribution in [0.25, 0.3) is 0 Å². The minimum absolute atomic E-state index is 0.0493. The Balaban J connectivity index is 2.05. The van der Waals surface area contributed by atoms with Crippen molar-refractivity contribution in [2.45, 2.75) is 52.0 Å². The van der Waals surface area contributed by atoms with Crippen LogP contribution in [0, 0.1) is 13.8 Å². The molecule has 0 fully saturated rings. The van der Waals surface area contributed by atoms with Gasteiger partial charge in [0.25, 0.3) is 0 Å². The molecule has 0 aliphatic heterocycles. The molecule has 2 amide bonds. The Labute approximate surface area is 180 Å². The molecule has 1 atom stereocenters. The van der Waals surface area contributed by atoms with E-state index >= 15 is 0 Å². The van der Waals surface area contributed by atoms with Gasteiger partial charge in [-0.2, -0.15) is 0 Å². The zero-order chi connectivity index (χ0) is 22.5. The van der Waals surface area contributed by atoms with Crippen LogP contribution in [0.15, 0.2) is 42.5 Å². The predicted molar refractivity (Wildman–Crippen MR) is 123 cm³/mol. The zero-order valence-electron chi connectivity index (χ0n) is 19.1. The average molecular weight is 410 g/mol. The Morgan fingerprint density at radius 1 is 1.07 bits per heavy atom. The van der Waals surface area contributed by atoms with Gasteiger partial charge in [0.1, 0.15) is 0 Å². The molecule has 0 saturated heterocycles. The van der Waals surface area contributed by atoms with Crippen LogP contribution >= 0.6 is 0 Å². The van der Waals surface area contributed by atoms with Gasteiger partial charge in [-0.1, -0.05) is 44.2 Å².